The lowest BCUT2D eigenvalue weighted by Crippen LogP contribution is -2.47. The van der Waals surface area contributed by atoms with Gasteiger partial charge in [-0.15, -0.1) is 0 Å². The van der Waals surface area contributed by atoms with Gasteiger partial charge in [0.2, 0.25) is 0 Å². The normalized spacial score (nSPS) is 25.3. The van der Waals surface area contributed by atoms with Crippen LogP contribution in [0.15, 0.2) is 18.3 Å². The molecule has 0 saturated carbocycles. The monoisotopic (exact) mass is 273 g/mol. The fraction of sp³-hybridized carbons (Fsp3) is 0.615. The van der Waals surface area contributed by atoms with Crippen LogP contribution in [-0.4, -0.2) is 35.6 Å². The van der Waals surface area contributed by atoms with Crippen LogP contribution in [0.3, 0.4) is 0 Å². The Labute approximate surface area is 110 Å². The number of halogens is 3. The molecule has 0 spiro atoms. The van der Waals surface area contributed by atoms with Crippen molar-refractivity contribution in [2.24, 2.45) is 0 Å². The molecule has 2 unspecified atom stereocenters. The molecule has 106 valence electrons. The van der Waals surface area contributed by atoms with E-state index in [1.165, 1.54) is 6.07 Å². The Bertz CT molecular complexity index is 416. The van der Waals surface area contributed by atoms with Gasteiger partial charge in [-0.3, -0.25) is 0 Å². The molecule has 1 saturated heterocycles. The van der Waals surface area contributed by atoms with E-state index in [4.69, 9.17) is 0 Å². The molecule has 1 aliphatic heterocycles. The van der Waals surface area contributed by atoms with Gasteiger partial charge in [0.15, 0.2) is 0 Å². The molecule has 1 aromatic heterocycles. The van der Waals surface area contributed by atoms with Crippen molar-refractivity contribution in [3.05, 3.63) is 23.9 Å². The molecule has 0 bridgehead atoms. The summed E-state index contributed by atoms with van der Waals surface area (Å²) in [5.41, 5.74) is -0.716. The highest BCUT2D eigenvalue weighted by Gasteiger charge is 2.31. The standard InChI is InChI=1S/C13H18F3N3/c1-9-11(4-3-7-19(9)2)18-12-6-5-10(8-17-12)13(14,15)16/h5-6,8-9,11H,3-4,7H2,1-2H3,(H,17,18). The van der Waals surface area contributed by atoms with Crippen molar-refractivity contribution in [2.75, 3.05) is 18.9 Å². The lowest BCUT2D eigenvalue weighted by molar-refractivity contribution is -0.137. The van der Waals surface area contributed by atoms with Crippen LogP contribution in [0, 0.1) is 0 Å². The third kappa shape index (κ3) is 3.37. The number of rotatable bonds is 2. The van der Waals surface area contributed by atoms with E-state index in [2.05, 4.69) is 29.2 Å². The number of hydrogen-bond acceptors (Lipinski definition) is 3. The molecule has 1 N–H and O–H groups in total. The van der Waals surface area contributed by atoms with Gasteiger partial charge >= 0.3 is 6.18 Å². The molecule has 6 heteroatoms. The summed E-state index contributed by atoms with van der Waals surface area (Å²) in [6.07, 6.45) is -1.36. The number of likely N-dealkylation sites (N-methyl/N-ethyl adjacent to an activating group) is 1. The first-order valence-corrected chi connectivity index (χ1v) is 6.38. The first-order valence-electron chi connectivity index (χ1n) is 6.38. The summed E-state index contributed by atoms with van der Waals surface area (Å²) in [7, 11) is 2.05. The third-order valence-electron chi connectivity index (χ3n) is 3.73. The van der Waals surface area contributed by atoms with Crippen LogP contribution >= 0.6 is 0 Å². The number of nitrogens with zero attached hydrogens (tertiary/aromatic N) is 2. The van der Waals surface area contributed by atoms with Gasteiger partial charge in [0.05, 0.1) is 5.56 Å². The summed E-state index contributed by atoms with van der Waals surface area (Å²) < 4.78 is 37.3. The molecule has 1 aromatic rings. The van der Waals surface area contributed by atoms with Crippen LogP contribution in [-0.2, 0) is 6.18 Å². The minimum Gasteiger partial charge on any atom is -0.366 e. The van der Waals surface area contributed by atoms with Crippen LogP contribution in [0.2, 0.25) is 0 Å². The van der Waals surface area contributed by atoms with Gasteiger partial charge in [0.25, 0.3) is 0 Å². The Kier molecular flexibility index (Phi) is 3.99. The van der Waals surface area contributed by atoms with E-state index in [0.29, 0.717) is 11.9 Å². The van der Waals surface area contributed by atoms with E-state index < -0.39 is 11.7 Å². The molecule has 0 aliphatic carbocycles. The Morgan fingerprint density at radius 3 is 2.68 bits per heavy atom. The summed E-state index contributed by atoms with van der Waals surface area (Å²) in [5, 5.41) is 3.22. The number of nitrogens with one attached hydrogen (secondary N) is 1. The molecule has 19 heavy (non-hydrogen) atoms. The Morgan fingerprint density at radius 2 is 2.11 bits per heavy atom. The SMILES string of the molecule is CC1C(Nc2ccc(C(F)(F)F)cn2)CCCN1C. The average Bonchev–Trinajstić information content (AvgIpc) is 2.35. The molecule has 0 radical (unpaired) electrons. The second-order valence-electron chi connectivity index (χ2n) is 5.04. The fourth-order valence-electron chi connectivity index (χ4n) is 2.34. The highest BCUT2D eigenvalue weighted by atomic mass is 19.4. The minimum absolute atomic E-state index is 0.225. The first kappa shape index (κ1) is 14.1. The highest BCUT2D eigenvalue weighted by Crippen LogP contribution is 2.29. The van der Waals surface area contributed by atoms with Crippen molar-refractivity contribution < 1.29 is 13.2 Å². The van der Waals surface area contributed by atoms with E-state index in [9.17, 15) is 13.2 Å². The highest BCUT2D eigenvalue weighted by molar-refractivity contribution is 5.37. The molecular weight excluding hydrogens is 255 g/mol. The van der Waals surface area contributed by atoms with Crippen molar-refractivity contribution in [1.29, 1.82) is 0 Å². The zero-order valence-corrected chi connectivity index (χ0v) is 11.0. The van der Waals surface area contributed by atoms with Gasteiger partial charge in [0, 0.05) is 18.3 Å². The van der Waals surface area contributed by atoms with Gasteiger partial charge < -0.3 is 10.2 Å². The molecule has 0 amide bonds. The van der Waals surface area contributed by atoms with Crippen molar-refractivity contribution in [3.63, 3.8) is 0 Å². The Hall–Kier alpha value is -1.30. The number of alkyl halides is 3. The number of likely N-dealkylation sites (tertiary alicyclic amines) is 1. The van der Waals surface area contributed by atoms with Crippen LogP contribution < -0.4 is 5.32 Å². The summed E-state index contributed by atoms with van der Waals surface area (Å²) in [4.78, 5) is 6.09. The molecule has 2 heterocycles. The molecule has 1 aliphatic rings. The summed E-state index contributed by atoms with van der Waals surface area (Å²) in [6, 6.07) is 3.03. The van der Waals surface area contributed by atoms with E-state index in [1.54, 1.807) is 0 Å². The first-order chi connectivity index (χ1) is 8.88. The van der Waals surface area contributed by atoms with Gasteiger partial charge in [-0.25, -0.2) is 4.98 Å². The Morgan fingerprint density at radius 1 is 1.37 bits per heavy atom. The molecular formula is C13H18F3N3. The largest absolute Gasteiger partial charge is 0.417 e. The predicted octanol–water partition coefficient (Wildman–Crippen LogP) is 3.00. The fourth-order valence-corrected chi connectivity index (χ4v) is 2.34. The van der Waals surface area contributed by atoms with E-state index in [0.717, 1.165) is 31.6 Å². The molecule has 2 rings (SSSR count). The second-order valence-corrected chi connectivity index (χ2v) is 5.04. The zero-order chi connectivity index (χ0) is 14.0. The number of pyridine rings is 1. The van der Waals surface area contributed by atoms with Crippen molar-refractivity contribution in [1.82, 2.24) is 9.88 Å². The zero-order valence-electron chi connectivity index (χ0n) is 11.0. The van der Waals surface area contributed by atoms with Crippen LogP contribution in [0.4, 0.5) is 19.0 Å². The maximum atomic E-state index is 12.4. The number of anilines is 1. The van der Waals surface area contributed by atoms with Gasteiger partial charge in [-0.05, 0) is 45.5 Å². The summed E-state index contributed by atoms with van der Waals surface area (Å²) in [6.45, 7) is 3.17. The third-order valence-corrected chi connectivity index (χ3v) is 3.73. The van der Waals surface area contributed by atoms with Crippen LogP contribution in [0.25, 0.3) is 0 Å². The van der Waals surface area contributed by atoms with E-state index in [-0.39, 0.29) is 6.04 Å². The Balaban J connectivity index is 2.03. The van der Waals surface area contributed by atoms with Crippen molar-refractivity contribution >= 4 is 5.82 Å². The topological polar surface area (TPSA) is 28.2 Å². The molecule has 2 atom stereocenters. The van der Waals surface area contributed by atoms with E-state index >= 15 is 0 Å². The maximum absolute atomic E-state index is 12.4. The molecule has 1 fully saturated rings. The van der Waals surface area contributed by atoms with Crippen LogP contribution in [0.5, 0.6) is 0 Å². The average molecular weight is 273 g/mol. The maximum Gasteiger partial charge on any atom is 0.417 e. The predicted molar refractivity (Wildman–Crippen MR) is 68.0 cm³/mol. The number of hydrogen-bond donors (Lipinski definition) is 1. The number of piperidine rings is 1. The number of aromatic nitrogens is 1. The van der Waals surface area contributed by atoms with Crippen LogP contribution in [0.1, 0.15) is 25.3 Å². The van der Waals surface area contributed by atoms with Gasteiger partial charge in [0.1, 0.15) is 5.82 Å². The second kappa shape index (κ2) is 5.36. The van der Waals surface area contributed by atoms with Crippen molar-refractivity contribution in [2.45, 2.75) is 38.0 Å². The minimum atomic E-state index is -4.33. The summed E-state index contributed by atoms with van der Waals surface area (Å²) >= 11 is 0. The van der Waals surface area contributed by atoms with E-state index in [1.807, 2.05) is 0 Å². The quantitative estimate of drug-likeness (QED) is 0.898. The lowest BCUT2D eigenvalue weighted by Gasteiger charge is -2.37. The molecule has 0 aromatic carbocycles. The summed E-state index contributed by atoms with van der Waals surface area (Å²) in [5.74, 6) is 0.500. The van der Waals surface area contributed by atoms with Crippen molar-refractivity contribution in [3.8, 4) is 0 Å². The van der Waals surface area contributed by atoms with Gasteiger partial charge in [-0.1, -0.05) is 0 Å². The lowest BCUT2D eigenvalue weighted by atomic mass is 9.98. The molecule has 3 nitrogen and oxygen atoms in total. The smallest absolute Gasteiger partial charge is 0.366 e. The van der Waals surface area contributed by atoms with Gasteiger partial charge in [-0.2, -0.15) is 13.2 Å².